The Balaban J connectivity index is 0.952. The van der Waals surface area contributed by atoms with E-state index in [-0.39, 0.29) is 18.8 Å². The first-order chi connectivity index (χ1) is 41.3. The largest absolute Gasteiger partial charge is 0.458 e. The van der Waals surface area contributed by atoms with Crippen molar-refractivity contribution >= 4 is 97.4 Å². The van der Waals surface area contributed by atoms with Crippen molar-refractivity contribution in [2.45, 2.75) is 26.2 Å². The van der Waals surface area contributed by atoms with Crippen molar-refractivity contribution < 1.29 is 14.2 Å². The first kappa shape index (κ1) is 49.4. The van der Waals surface area contributed by atoms with Gasteiger partial charge in [0.15, 0.2) is 0 Å². The third-order valence-electron chi connectivity index (χ3n) is 17.1. The van der Waals surface area contributed by atoms with E-state index >= 15 is 0 Å². The van der Waals surface area contributed by atoms with E-state index in [0.717, 1.165) is 135 Å². The standard InChI is InChI=1S/C76H55B2N3O3/c1-76(2,3)53-37-42-69-64(47-53)78-62-34-20-22-36-68(62)82-72-45-52(46-73(83-69)75(72)78)51-43-67-74-71(44-51)84-70-49-59(80(56-29-15-7-16-30-56)57-31-17-8-18-32-57)39-41-63(70)77(74)61-40-38-58(79(54-25-11-5-12-26-54)55-27-13-6-14-28-55)48-66(61)81(67)65-35-21-19-33-60(65)50-23-9-4-10-24-50/h4-49H,1-3H3. The maximum Gasteiger partial charge on any atom is 0.260 e. The Labute approximate surface area is 491 Å². The number of benzene rings is 12. The summed E-state index contributed by atoms with van der Waals surface area (Å²) in [6, 6.07) is 100. The number of hydrogen-bond acceptors (Lipinski definition) is 6. The number of fused-ring (bicyclic) bond motifs is 8. The molecule has 0 N–H and O–H groups in total. The molecule has 0 atom stereocenters. The molecule has 16 rings (SSSR count). The Morgan fingerprint density at radius 3 is 1.37 bits per heavy atom. The van der Waals surface area contributed by atoms with Crippen molar-refractivity contribution in [3.8, 4) is 56.8 Å². The van der Waals surface area contributed by atoms with Gasteiger partial charge in [0.1, 0.15) is 34.5 Å². The smallest absolute Gasteiger partial charge is 0.260 e. The molecule has 4 aliphatic rings. The third kappa shape index (κ3) is 8.19. The molecular weight excluding hydrogens is 1020 g/mol. The summed E-state index contributed by atoms with van der Waals surface area (Å²) < 4.78 is 21.7. The van der Waals surface area contributed by atoms with Gasteiger partial charge in [-0.2, -0.15) is 0 Å². The summed E-state index contributed by atoms with van der Waals surface area (Å²) in [4.78, 5) is 7.16. The molecule has 0 unspecified atom stereocenters. The molecule has 0 spiro atoms. The third-order valence-corrected chi connectivity index (χ3v) is 17.1. The summed E-state index contributed by atoms with van der Waals surface area (Å²) in [6.07, 6.45) is 0. The van der Waals surface area contributed by atoms with Crippen LogP contribution in [0.2, 0.25) is 0 Å². The molecule has 8 heteroatoms. The maximum absolute atomic E-state index is 7.55. The normalized spacial score (nSPS) is 12.9. The summed E-state index contributed by atoms with van der Waals surface area (Å²) in [5.74, 6) is 4.85. The molecule has 4 heterocycles. The van der Waals surface area contributed by atoms with Crippen LogP contribution in [0.4, 0.5) is 51.2 Å². The van der Waals surface area contributed by atoms with Crippen molar-refractivity contribution in [1.29, 1.82) is 0 Å². The van der Waals surface area contributed by atoms with E-state index in [1.54, 1.807) is 0 Å². The summed E-state index contributed by atoms with van der Waals surface area (Å²) in [5, 5.41) is 0. The molecule has 4 aliphatic heterocycles. The van der Waals surface area contributed by atoms with Crippen LogP contribution in [-0.2, 0) is 5.41 Å². The zero-order valence-corrected chi connectivity index (χ0v) is 46.8. The molecule has 0 aliphatic carbocycles. The lowest BCUT2D eigenvalue weighted by molar-refractivity contribution is 0.464. The summed E-state index contributed by atoms with van der Waals surface area (Å²) in [6.45, 7) is 6.52. The molecule has 12 aromatic carbocycles. The van der Waals surface area contributed by atoms with E-state index < -0.39 is 0 Å². The fourth-order valence-electron chi connectivity index (χ4n) is 13.2. The number of hydrogen-bond donors (Lipinski definition) is 0. The van der Waals surface area contributed by atoms with Gasteiger partial charge in [-0.1, -0.05) is 185 Å². The predicted octanol–water partition coefficient (Wildman–Crippen LogP) is 16.4. The lowest BCUT2D eigenvalue weighted by Gasteiger charge is -2.42. The SMILES string of the molecule is CC(C)(C)c1ccc2c(c1)B1c3ccccc3Oc3cc(-c4cc5c6c(c4)N(c4ccccc4-c4ccccc4)c4cc(N(c7ccccc7)c7ccccc7)ccc4B6c4ccc(N(c6ccccc6)c6ccccc6)cc4O5)cc(c31)O2. The Bertz CT molecular complexity index is 4440. The van der Waals surface area contributed by atoms with Crippen LogP contribution < -0.4 is 61.7 Å². The van der Waals surface area contributed by atoms with Crippen molar-refractivity contribution in [3.63, 3.8) is 0 Å². The highest BCUT2D eigenvalue weighted by Crippen LogP contribution is 2.50. The van der Waals surface area contributed by atoms with Crippen molar-refractivity contribution in [2.24, 2.45) is 0 Å². The van der Waals surface area contributed by atoms with Gasteiger partial charge in [0.2, 0.25) is 0 Å². The van der Waals surface area contributed by atoms with Crippen LogP contribution in [0.3, 0.4) is 0 Å². The van der Waals surface area contributed by atoms with Crippen LogP contribution in [0.15, 0.2) is 279 Å². The molecule has 6 nitrogen and oxygen atoms in total. The highest BCUT2D eigenvalue weighted by atomic mass is 16.5. The number of nitrogens with zero attached hydrogens (tertiary/aromatic N) is 3. The first-order valence-corrected chi connectivity index (χ1v) is 29.0. The van der Waals surface area contributed by atoms with Gasteiger partial charge in [0, 0.05) is 62.6 Å². The van der Waals surface area contributed by atoms with E-state index in [2.05, 4.69) is 315 Å². The summed E-state index contributed by atoms with van der Waals surface area (Å²) >= 11 is 0. The van der Waals surface area contributed by atoms with Crippen LogP contribution in [0.1, 0.15) is 26.3 Å². The fourth-order valence-corrected chi connectivity index (χ4v) is 13.2. The van der Waals surface area contributed by atoms with E-state index in [4.69, 9.17) is 14.2 Å². The van der Waals surface area contributed by atoms with Crippen LogP contribution in [0.25, 0.3) is 22.3 Å². The van der Waals surface area contributed by atoms with E-state index in [1.807, 2.05) is 0 Å². The fraction of sp³-hybridized carbons (Fsp3) is 0.0526. The topological polar surface area (TPSA) is 37.4 Å². The second-order valence-electron chi connectivity index (χ2n) is 23.2. The summed E-state index contributed by atoms with van der Waals surface area (Å²) in [7, 11) is 0. The first-order valence-electron chi connectivity index (χ1n) is 29.0. The average molecular weight is 1080 g/mol. The molecule has 398 valence electrons. The van der Waals surface area contributed by atoms with Crippen LogP contribution in [0.5, 0.6) is 34.5 Å². The van der Waals surface area contributed by atoms with Gasteiger partial charge in [-0.25, -0.2) is 0 Å². The number of rotatable bonds is 9. The number of ether oxygens (including phenoxy) is 3. The highest BCUT2D eigenvalue weighted by molar-refractivity contribution is 6.99. The Morgan fingerprint density at radius 1 is 0.298 bits per heavy atom. The quantitative estimate of drug-likeness (QED) is 0.134. The van der Waals surface area contributed by atoms with Crippen LogP contribution in [-0.4, -0.2) is 13.4 Å². The van der Waals surface area contributed by atoms with Gasteiger partial charge >= 0.3 is 0 Å². The molecule has 0 aromatic heterocycles. The van der Waals surface area contributed by atoms with Crippen molar-refractivity contribution in [1.82, 2.24) is 0 Å². The molecule has 12 aromatic rings. The monoisotopic (exact) mass is 1080 g/mol. The Morgan fingerprint density at radius 2 is 0.762 bits per heavy atom. The van der Waals surface area contributed by atoms with Crippen LogP contribution in [0, 0.1) is 0 Å². The van der Waals surface area contributed by atoms with Crippen LogP contribution >= 0.6 is 0 Å². The van der Waals surface area contributed by atoms with Crippen molar-refractivity contribution in [2.75, 3.05) is 14.7 Å². The Hall–Kier alpha value is -10.4. The lowest BCUT2D eigenvalue weighted by Crippen LogP contribution is -2.59. The van der Waals surface area contributed by atoms with Gasteiger partial charge in [0.05, 0.1) is 5.69 Å². The zero-order chi connectivity index (χ0) is 56.0. The van der Waals surface area contributed by atoms with Gasteiger partial charge in [-0.15, -0.1) is 0 Å². The molecule has 0 radical (unpaired) electrons. The zero-order valence-electron chi connectivity index (χ0n) is 46.8. The predicted molar refractivity (Wildman–Crippen MR) is 349 cm³/mol. The van der Waals surface area contributed by atoms with Gasteiger partial charge < -0.3 is 28.9 Å². The molecule has 84 heavy (non-hydrogen) atoms. The van der Waals surface area contributed by atoms with E-state index in [1.165, 1.54) is 11.0 Å². The number of anilines is 9. The average Bonchev–Trinajstić information content (AvgIpc) is 0.984. The molecule has 0 fully saturated rings. The second kappa shape index (κ2) is 19.6. The summed E-state index contributed by atoms with van der Waals surface area (Å²) in [5.41, 5.74) is 21.4. The molecule has 0 saturated heterocycles. The minimum Gasteiger partial charge on any atom is -0.458 e. The molecule has 0 bridgehead atoms. The maximum atomic E-state index is 7.55. The van der Waals surface area contributed by atoms with Gasteiger partial charge in [-0.3, -0.25) is 0 Å². The Kier molecular flexibility index (Phi) is 11.5. The molecular formula is C76H55B2N3O3. The van der Waals surface area contributed by atoms with Gasteiger partial charge in [0.25, 0.3) is 13.4 Å². The molecule has 0 amide bonds. The minimum absolute atomic E-state index is 0.0491. The highest BCUT2D eigenvalue weighted by Gasteiger charge is 2.45. The second-order valence-corrected chi connectivity index (χ2v) is 23.2. The molecule has 0 saturated carbocycles. The van der Waals surface area contributed by atoms with Crippen molar-refractivity contribution in [3.05, 3.63) is 285 Å². The minimum atomic E-state index is -0.210. The number of para-hydroxylation sites is 6. The van der Waals surface area contributed by atoms with Gasteiger partial charge in [-0.05, 0) is 164 Å². The lowest BCUT2D eigenvalue weighted by atomic mass is 9.34. The van der Waals surface area contributed by atoms with E-state index in [9.17, 15) is 0 Å². The van der Waals surface area contributed by atoms with E-state index in [0.29, 0.717) is 0 Å².